The molecule has 33 heavy (non-hydrogen) atoms. The van der Waals surface area contributed by atoms with E-state index in [-0.39, 0.29) is 5.91 Å². The number of methoxy groups -OCH3 is 1. The minimum atomic E-state index is -0.248. The number of amides is 1. The number of benzene rings is 3. The minimum absolute atomic E-state index is 0.248. The molecule has 0 saturated heterocycles. The van der Waals surface area contributed by atoms with E-state index in [2.05, 4.69) is 60.8 Å². The summed E-state index contributed by atoms with van der Waals surface area (Å²) in [7, 11) is 1.65. The second-order valence-electron chi connectivity index (χ2n) is 8.21. The number of ether oxygens (including phenoxy) is 1. The van der Waals surface area contributed by atoms with Crippen LogP contribution in [0.2, 0.25) is 0 Å². The molecule has 0 atom stereocenters. The summed E-state index contributed by atoms with van der Waals surface area (Å²) >= 11 is 0. The van der Waals surface area contributed by atoms with Gasteiger partial charge < -0.3 is 14.5 Å². The largest absolute Gasteiger partial charge is 0.497 e. The summed E-state index contributed by atoms with van der Waals surface area (Å²) in [5, 5.41) is 3.02. The fraction of sp³-hybridized carbons (Fsp3) is 0.207. The summed E-state index contributed by atoms with van der Waals surface area (Å²) in [4.78, 5) is 12.8. The van der Waals surface area contributed by atoms with Crippen molar-refractivity contribution >= 4 is 11.6 Å². The second kappa shape index (κ2) is 10.2. The van der Waals surface area contributed by atoms with Crippen molar-refractivity contribution in [3.05, 3.63) is 118 Å². The normalized spacial score (nSPS) is 10.8. The zero-order chi connectivity index (χ0) is 23.2. The van der Waals surface area contributed by atoms with E-state index in [4.69, 9.17) is 9.15 Å². The summed E-state index contributed by atoms with van der Waals surface area (Å²) in [6.45, 7) is 4.02. The quantitative estimate of drug-likeness (QED) is 0.337. The van der Waals surface area contributed by atoms with Gasteiger partial charge in [0.05, 0.1) is 7.11 Å². The standard InChI is InChI=1S/C29H29NO3/c1-4-24-19-26(32-3)16-20(2)28(24)30-29(31)27-15-14-25(33-27)18-23-12-10-22(11-13-23)17-21-8-6-5-7-9-21/h5-16,19H,4,17-18H2,1-3H3,(H,30,31). The molecular formula is C29H29NO3. The number of nitrogens with one attached hydrogen (secondary N) is 1. The van der Waals surface area contributed by atoms with Gasteiger partial charge in [-0.05, 0) is 71.8 Å². The van der Waals surface area contributed by atoms with Gasteiger partial charge in [0.1, 0.15) is 11.5 Å². The Morgan fingerprint density at radius 2 is 1.55 bits per heavy atom. The second-order valence-corrected chi connectivity index (χ2v) is 8.21. The lowest BCUT2D eigenvalue weighted by Gasteiger charge is -2.14. The van der Waals surface area contributed by atoms with Gasteiger partial charge in [-0.3, -0.25) is 4.79 Å². The van der Waals surface area contributed by atoms with Gasteiger partial charge in [-0.25, -0.2) is 0 Å². The Labute approximate surface area is 195 Å². The van der Waals surface area contributed by atoms with Crippen molar-refractivity contribution in [1.29, 1.82) is 0 Å². The summed E-state index contributed by atoms with van der Waals surface area (Å²) in [5.74, 6) is 1.61. The Bertz CT molecular complexity index is 1220. The van der Waals surface area contributed by atoms with Gasteiger partial charge in [-0.2, -0.15) is 0 Å². The highest BCUT2D eigenvalue weighted by molar-refractivity contribution is 6.03. The van der Waals surface area contributed by atoms with Gasteiger partial charge in [0.2, 0.25) is 0 Å². The van der Waals surface area contributed by atoms with Crippen LogP contribution in [-0.2, 0) is 19.3 Å². The van der Waals surface area contributed by atoms with Crippen LogP contribution in [0.25, 0.3) is 0 Å². The maximum atomic E-state index is 12.8. The molecule has 0 bridgehead atoms. The average Bonchev–Trinajstić information content (AvgIpc) is 3.30. The van der Waals surface area contributed by atoms with Crippen LogP contribution in [0.1, 0.15) is 51.1 Å². The number of carbonyl (C=O) groups excluding carboxylic acids is 1. The van der Waals surface area contributed by atoms with Crippen molar-refractivity contribution in [2.45, 2.75) is 33.1 Å². The first kappa shape index (κ1) is 22.4. The molecule has 4 rings (SSSR count). The van der Waals surface area contributed by atoms with Crippen molar-refractivity contribution in [2.24, 2.45) is 0 Å². The van der Waals surface area contributed by atoms with Crippen LogP contribution in [0.5, 0.6) is 5.75 Å². The lowest BCUT2D eigenvalue weighted by Crippen LogP contribution is -2.13. The van der Waals surface area contributed by atoms with E-state index in [1.54, 1.807) is 13.2 Å². The number of anilines is 1. The van der Waals surface area contributed by atoms with E-state index in [9.17, 15) is 4.79 Å². The van der Waals surface area contributed by atoms with Crippen molar-refractivity contribution in [3.8, 4) is 5.75 Å². The van der Waals surface area contributed by atoms with Crippen LogP contribution in [-0.4, -0.2) is 13.0 Å². The van der Waals surface area contributed by atoms with Gasteiger partial charge in [-0.1, -0.05) is 61.5 Å². The number of hydrogen-bond donors (Lipinski definition) is 1. The lowest BCUT2D eigenvalue weighted by atomic mass is 10.0. The molecular weight excluding hydrogens is 410 g/mol. The summed E-state index contributed by atoms with van der Waals surface area (Å²) in [5.41, 5.74) is 6.52. The number of furan rings is 1. The molecule has 168 valence electrons. The van der Waals surface area contributed by atoms with Crippen LogP contribution in [0.3, 0.4) is 0 Å². The maximum Gasteiger partial charge on any atom is 0.291 e. The maximum absolute atomic E-state index is 12.8. The molecule has 0 spiro atoms. The van der Waals surface area contributed by atoms with Crippen LogP contribution in [0, 0.1) is 6.92 Å². The predicted molar refractivity (Wildman–Crippen MR) is 132 cm³/mol. The van der Waals surface area contributed by atoms with Gasteiger partial charge in [0.15, 0.2) is 5.76 Å². The Hall–Kier alpha value is -3.79. The molecule has 0 aliphatic rings. The summed E-state index contributed by atoms with van der Waals surface area (Å²) in [6, 6.07) is 26.5. The molecule has 0 unspecified atom stereocenters. The molecule has 0 fully saturated rings. The molecule has 1 N–H and O–H groups in total. The van der Waals surface area contributed by atoms with Gasteiger partial charge in [0.25, 0.3) is 5.91 Å². The third-order valence-electron chi connectivity index (χ3n) is 5.78. The fourth-order valence-corrected chi connectivity index (χ4v) is 3.98. The van der Waals surface area contributed by atoms with Crippen molar-refractivity contribution in [3.63, 3.8) is 0 Å². The monoisotopic (exact) mass is 439 g/mol. The Morgan fingerprint density at radius 1 is 0.879 bits per heavy atom. The SMILES string of the molecule is CCc1cc(OC)cc(C)c1NC(=O)c1ccc(Cc2ccc(Cc3ccccc3)cc2)o1. The van der Waals surface area contributed by atoms with Crippen LogP contribution >= 0.6 is 0 Å². The Balaban J connectivity index is 1.41. The van der Waals surface area contributed by atoms with Crippen LogP contribution in [0.15, 0.2) is 83.3 Å². The van der Waals surface area contributed by atoms with Gasteiger partial charge in [0, 0.05) is 12.1 Å². The topological polar surface area (TPSA) is 51.5 Å². The van der Waals surface area contributed by atoms with Crippen molar-refractivity contribution in [2.75, 3.05) is 12.4 Å². The molecule has 1 aromatic heterocycles. The molecule has 0 aliphatic heterocycles. The first-order chi connectivity index (χ1) is 16.1. The molecule has 4 aromatic rings. The molecule has 1 amide bonds. The van der Waals surface area contributed by atoms with Crippen molar-refractivity contribution in [1.82, 2.24) is 0 Å². The average molecular weight is 440 g/mol. The van der Waals surface area contributed by atoms with Crippen LogP contribution in [0.4, 0.5) is 5.69 Å². The zero-order valence-electron chi connectivity index (χ0n) is 19.4. The molecule has 0 aliphatic carbocycles. The fourth-order valence-electron chi connectivity index (χ4n) is 3.98. The zero-order valence-corrected chi connectivity index (χ0v) is 19.4. The van der Waals surface area contributed by atoms with E-state index < -0.39 is 0 Å². The third kappa shape index (κ3) is 5.53. The first-order valence-corrected chi connectivity index (χ1v) is 11.2. The third-order valence-corrected chi connectivity index (χ3v) is 5.78. The number of aryl methyl sites for hydroxylation is 2. The van der Waals surface area contributed by atoms with Gasteiger partial charge >= 0.3 is 0 Å². The molecule has 1 heterocycles. The smallest absolute Gasteiger partial charge is 0.291 e. The van der Waals surface area contributed by atoms with Gasteiger partial charge in [-0.15, -0.1) is 0 Å². The number of rotatable bonds is 8. The first-order valence-electron chi connectivity index (χ1n) is 11.2. The molecule has 4 heteroatoms. The lowest BCUT2D eigenvalue weighted by molar-refractivity contribution is 0.0995. The highest BCUT2D eigenvalue weighted by Crippen LogP contribution is 2.28. The van der Waals surface area contributed by atoms with E-state index in [1.165, 1.54) is 11.1 Å². The summed E-state index contributed by atoms with van der Waals surface area (Å²) < 4.78 is 11.2. The molecule has 0 saturated carbocycles. The number of hydrogen-bond acceptors (Lipinski definition) is 3. The highest BCUT2D eigenvalue weighted by atomic mass is 16.5. The Morgan fingerprint density at radius 3 is 2.21 bits per heavy atom. The predicted octanol–water partition coefficient (Wildman–Crippen LogP) is 6.59. The van der Waals surface area contributed by atoms with E-state index in [0.29, 0.717) is 12.2 Å². The molecule has 0 radical (unpaired) electrons. The Kier molecular flexibility index (Phi) is 6.94. The highest BCUT2D eigenvalue weighted by Gasteiger charge is 2.16. The summed E-state index contributed by atoms with van der Waals surface area (Å²) in [6.07, 6.45) is 2.34. The van der Waals surface area contributed by atoms with E-state index >= 15 is 0 Å². The molecule has 4 nitrogen and oxygen atoms in total. The minimum Gasteiger partial charge on any atom is -0.497 e. The van der Waals surface area contributed by atoms with E-state index in [0.717, 1.165) is 46.7 Å². The molecule has 3 aromatic carbocycles. The number of carbonyl (C=O) groups is 1. The van der Waals surface area contributed by atoms with E-state index in [1.807, 2.05) is 31.2 Å². The van der Waals surface area contributed by atoms with Crippen LogP contribution < -0.4 is 10.1 Å². The van der Waals surface area contributed by atoms with Crippen molar-refractivity contribution < 1.29 is 13.9 Å².